The van der Waals surface area contributed by atoms with Crippen molar-refractivity contribution in [3.05, 3.63) is 23.8 Å². The number of anilines is 1. The van der Waals surface area contributed by atoms with E-state index >= 15 is 0 Å². The van der Waals surface area contributed by atoms with Crippen molar-refractivity contribution in [2.45, 2.75) is 37.3 Å². The number of nitrogens with one attached hydrogen (secondary N) is 2. The van der Waals surface area contributed by atoms with Gasteiger partial charge in [-0.1, -0.05) is 13.8 Å². The molecule has 1 aliphatic heterocycles. The van der Waals surface area contributed by atoms with E-state index in [2.05, 4.69) is 10.6 Å². The van der Waals surface area contributed by atoms with Crippen LogP contribution >= 0.6 is 11.8 Å². The van der Waals surface area contributed by atoms with Crippen LogP contribution in [0.2, 0.25) is 0 Å². The molecule has 0 radical (unpaired) electrons. The molecule has 112 valence electrons. The highest BCUT2D eigenvalue weighted by molar-refractivity contribution is 8.00. The summed E-state index contributed by atoms with van der Waals surface area (Å²) in [4.78, 5) is 24.7. The molecule has 1 aromatic rings. The molecular weight excluding hydrogens is 288 g/mol. The molecule has 2 unspecified atom stereocenters. The molecule has 21 heavy (non-hydrogen) atoms. The molecule has 2 aliphatic rings. The highest BCUT2D eigenvalue weighted by Crippen LogP contribution is 2.40. The Kier molecular flexibility index (Phi) is 3.45. The maximum atomic E-state index is 12.3. The summed E-state index contributed by atoms with van der Waals surface area (Å²) in [6.45, 7) is 3.88. The van der Waals surface area contributed by atoms with Crippen molar-refractivity contribution < 1.29 is 14.7 Å². The Bertz CT molecular complexity index is 615. The number of benzene rings is 1. The molecule has 0 saturated heterocycles. The van der Waals surface area contributed by atoms with Gasteiger partial charge in [0, 0.05) is 21.9 Å². The van der Waals surface area contributed by atoms with E-state index in [1.807, 2.05) is 19.9 Å². The lowest BCUT2D eigenvalue weighted by Gasteiger charge is -2.49. The largest absolute Gasteiger partial charge is 0.392 e. The van der Waals surface area contributed by atoms with E-state index in [-0.39, 0.29) is 29.4 Å². The monoisotopic (exact) mass is 306 g/mol. The van der Waals surface area contributed by atoms with Crippen molar-refractivity contribution in [1.29, 1.82) is 0 Å². The minimum absolute atomic E-state index is 0.0278. The van der Waals surface area contributed by atoms with E-state index in [0.29, 0.717) is 23.4 Å². The number of hydrogen-bond acceptors (Lipinski definition) is 4. The van der Waals surface area contributed by atoms with Crippen LogP contribution < -0.4 is 10.6 Å². The van der Waals surface area contributed by atoms with Crippen molar-refractivity contribution in [1.82, 2.24) is 5.32 Å². The van der Waals surface area contributed by atoms with E-state index in [4.69, 9.17) is 0 Å². The first kappa shape index (κ1) is 14.4. The maximum absolute atomic E-state index is 12.3. The van der Waals surface area contributed by atoms with Crippen molar-refractivity contribution in [3.63, 3.8) is 0 Å². The molecule has 1 heterocycles. The van der Waals surface area contributed by atoms with E-state index < -0.39 is 0 Å². The Morgan fingerprint density at radius 2 is 2.24 bits per heavy atom. The fraction of sp³-hybridized carbons (Fsp3) is 0.467. The normalized spacial score (nSPS) is 26.3. The smallest absolute Gasteiger partial charge is 0.251 e. The van der Waals surface area contributed by atoms with Crippen LogP contribution in [0.25, 0.3) is 0 Å². The maximum Gasteiger partial charge on any atom is 0.251 e. The van der Waals surface area contributed by atoms with E-state index in [1.54, 1.807) is 12.1 Å². The Morgan fingerprint density at radius 3 is 2.90 bits per heavy atom. The molecule has 0 aromatic heterocycles. The van der Waals surface area contributed by atoms with Crippen LogP contribution in [0.5, 0.6) is 0 Å². The van der Waals surface area contributed by atoms with Gasteiger partial charge in [-0.15, -0.1) is 11.8 Å². The average molecular weight is 306 g/mol. The van der Waals surface area contributed by atoms with Gasteiger partial charge in [0.05, 0.1) is 17.5 Å². The SMILES string of the molecule is CC1(C)C(O)CC1NC(=O)c1ccc2c(c1)NC(=O)CS2. The summed E-state index contributed by atoms with van der Waals surface area (Å²) in [6.07, 6.45) is 0.207. The zero-order valence-corrected chi connectivity index (χ0v) is 12.8. The summed E-state index contributed by atoms with van der Waals surface area (Å²) in [5.74, 6) is 0.188. The lowest BCUT2D eigenvalue weighted by molar-refractivity contribution is -0.113. The van der Waals surface area contributed by atoms with Crippen LogP contribution in [0.1, 0.15) is 30.6 Å². The summed E-state index contributed by atoms with van der Waals surface area (Å²) in [5, 5.41) is 15.4. The van der Waals surface area contributed by atoms with Crippen LogP contribution in [0.4, 0.5) is 5.69 Å². The topological polar surface area (TPSA) is 78.4 Å². The standard InChI is InChI=1S/C15H18N2O3S/c1-15(2)11(6-12(15)18)17-14(20)8-3-4-10-9(5-8)16-13(19)7-21-10/h3-5,11-12,18H,6-7H2,1-2H3,(H,16,19)(H,17,20). The molecule has 1 aromatic carbocycles. The van der Waals surface area contributed by atoms with Crippen LogP contribution in [-0.4, -0.2) is 34.8 Å². The summed E-state index contributed by atoms with van der Waals surface area (Å²) in [5.41, 5.74) is 0.916. The highest BCUT2D eigenvalue weighted by atomic mass is 32.2. The number of aliphatic hydroxyl groups excluding tert-OH is 1. The zero-order valence-electron chi connectivity index (χ0n) is 12.0. The number of carbonyl (C=O) groups excluding carboxylic acids is 2. The van der Waals surface area contributed by atoms with Crippen LogP contribution in [0.15, 0.2) is 23.1 Å². The van der Waals surface area contributed by atoms with Crippen LogP contribution in [0, 0.1) is 5.41 Å². The van der Waals surface area contributed by atoms with Gasteiger partial charge in [-0.25, -0.2) is 0 Å². The lowest BCUT2D eigenvalue weighted by atomic mass is 9.64. The Morgan fingerprint density at radius 1 is 1.48 bits per heavy atom. The van der Waals surface area contributed by atoms with E-state index in [0.717, 1.165) is 4.90 Å². The number of rotatable bonds is 2. The van der Waals surface area contributed by atoms with Gasteiger partial charge in [-0.3, -0.25) is 9.59 Å². The summed E-state index contributed by atoms with van der Waals surface area (Å²) < 4.78 is 0. The highest BCUT2D eigenvalue weighted by Gasteiger charge is 2.48. The third kappa shape index (κ3) is 2.53. The van der Waals surface area contributed by atoms with E-state index in [1.165, 1.54) is 11.8 Å². The average Bonchev–Trinajstić information content (AvgIpc) is 2.46. The van der Waals surface area contributed by atoms with Gasteiger partial charge >= 0.3 is 0 Å². The molecule has 5 nitrogen and oxygen atoms in total. The van der Waals surface area contributed by atoms with Crippen molar-refractivity contribution >= 4 is 29.3 Å². The second-order valence-electron chi connectivity index (χ2n) is 6.15. The second kappa shape index (κ2) is 5.03. The Hall–Kier alpha value is -1.53. The molecule has 1 aliphatic carbocycles. The molecule has 0 spiro atoms. The summed E-state index contributed by atoms with van der Waals surface area (Å²) in [6, 6.07) is 5.30. The number of fused-ring (bicyclic) bond motifs is 1. The van der Waals surface area contributed by atoms with E-state index in [9.17, 15) is 14.7 Å². The predicted octanol–water partition coefficient (Wildman–Crippen LogP) is 1.62. The van der Waals surface area contributed by atoms with Crippen LogP contribution in [0.3, 0.4) is 0 Å². The number of carbonyl (C=O) groups is 2. The molecule has 6 heteroatoms. The fourth-order valence-corrected chi connectivity index (χ4v) is 3.40. The molecule has 3 rings (SSSR count). The minimum atomic E-state index is -0.373. The first-order valence-electron chi connectivity index (χ1n) is 6.93. The fourth-order valence-electron chi connectivity index (χ4n) is 2.61. The van der Waals surface area contributed by atoms with Crippen molar-refractivity contribution in [2.24, 2.45) is 5.41 Å². The van der Waals surface area contributed by atoms with Crippen LogP contribution in [-0.2, 0) is 4.79 Å². The first-order valence-corrected chi connectivity index (χ1v) is 7.92. The lowest BCUT2D eigenvalue weighted by Crippen LogP contribution is -2.61. The summed E-state index contributed by atoms with van der Waals surface area (Å²) >= 11 is 1.47. The molecule has 1 saturated carbocycles. The van der Waals surface area contributed by atoms with Gasteiger partial charge in [-0.05, 0) is 24.6 Å². The molecule has 2 atom stereocenters. The Balaban J connectivity index is 1.74. The number of aliphatic hydroxyl groups is 1. The van der Waals surface area contributed by atoms with Gasteiger partial charge in [0.25, 0.3) is 5.91 Å². The van der Waals surface area contributed by atoms with Gasteiger partial charge in [0.2, 0.25) is 5.91 Å². The zero-order chi connectivity index (χ0) is 15.2. The number of hydrogen-bond donors (Lipinski definition) is 3. The summed E-state index contributed by atoms with van der Waals surface area (Å²) in [7, 11) is 0. The van der Waals surface area contributed by atoms with Gasteiger partial charge in [-0.2, -0.15) is 0 Å². The third-order valence-corrected chi connectivity index (χ3v) is 5.47. The van der Waals surface area contributed by atoms with Crippen molar-refractivity contribution in [2.75, 3.05) is 11.1 Å². The number of amides is 2. The predicted molar refractivity (Wildman–Crippen MR) is 81.5 cm³/mol. The van der Waals surface area contributed by atoms with Gasteiger partial charge in [0.1, 0.15) is 0 Å². The minimum Gasteiger partial charge on any atom is -0.392 e. The quantitative estimate of drug-likeness (QED) is 0.776. The van der Waals surface area contributed by atoms with Gasteiger partial charge < -0.3 is 15.7 Å². The Labute approximate surface area is 127 Å². The third-order valence-electron chi connectivity index (χ3n) is 4.40. The molecule has 2 amide bonds. The number of thioether (sulfide) groups is 1. The molecular formula is C15H18N2O3S. The second-order valence-corrected chi connectivity index (χ2v) is 7.16. The molecule has 0 bridgehead atoms. The van der Waals surface area contributed by atoms with Gasteiger partial charge in [0.15, 0.2) is 0 Å². The van der Waals surface area contributed by atoms with Crippen molar-refractivity contribution in [3.8, 4) is 0 Å². The first-order chi connectivity index (χ1) is 9.88. The molecule has 3 N–H and O–H groups in total. The molecule has 1 fully saturated rings.